The fourth-order valence-corrected chi connectivity index (χ4v) is 3.76. The summed E-state index contributed by atoms with van der Waals surface area (Å²) < 4.78 is 14.1. The van der Waals surface area contributed by atoms with Crippen molar-refractivity contribution in [3.63, 3.8) is 0 Å². The largest absolute Gasteiger partial charge is 0.319 e. The van der Waals surface area contributed by atoms with Gasteiger partial charge in [-0.1, -0.05) is 22.9 Å². The second kappa shape index (κ2) is 5.15. The third kappa shape index (κ3) is 2.06. The van der Waals surface area contributed by atoms with E-state index < -0.39 is 17.3 Å². The molecule has 0 aromatic heterocycles. The molecule has 1 N–H and O–H groups in total. The summed E-state index contributed by atoms with van der Waals surface area (Å²) in [6.07, 6.45) is 0.870. The van der Waals surface area contributed by atoms with Crippen LogP contribution in [-0.4, -0.2) is 28.2 Å². The molecule has 0 aliphatic carbocycles. The van der Waals surface area contributed by atoms with E-state index in [4.69, 9.17) is 0 Å². The van der Waals surface area contributed by atoms with Gasteiger partial charge in [0.2, 0.25) is 5.91 Å². The van der Waals surface area contributed by atoms with Crippen LogP contribution >= 0.6 is 15.9 Å². The molecule has 116 valence electrons. The molecule has 0 bridgehead atoms. The fourth-order valence-electron chi connectivity index (χ4n) is 3.20. The summed E-state index contributed by atoms with van der Waals surface area (Å²) in [6, 6.07) is 2.50. The number of carbonyl (C=O) groups excluding carboxylic acids is 3. The normalized spacial score (nSPS) is 24.5. The van der Waals surface area contributed by atoms with Crippen molar-refractivity contribution >= 4 is 33.7 Å². The Kier molecular flexibility index (Phi) is 3.55. The van der Waals surface area contributed by atoms with Gasteiger partial charge in [-0.3, -0.25) is 19.7 Å². The molecule has 1 aromatic carbocycles. The zero-order valence-corrected chi connectivity index (χ0v) is 13.5. The molecule has 0 saturated carbocycles. The lowest BCUT2D eigenvalue weighted by Crippen LogP contribution is -2.62. The highest BCUT2D eigenvalue weighted by atomic mass is 79.9. The lowest BCUT2D eigenvalue weighted by molar-refractivity contribution is -0.143. The number of nitrogens with one attached hydrogen (secondary N) is 1. The van der Waals surface area contributed by atoms with E-state index in [0.29, 0.717) is 16.5 Å². The molecule has 2 heterocycles. The van der Waals surface area contributed by atoms with Crippen LogP contribution in [0.3, 0.4) is 0 Å². The Balaban J connectivity index is 2.03. The summed E-state index contributed by atoms with van der Waals surface area (Å²) in [5.41, 5.74) is -0.117. The molecule has 2 aliphatic heterocycles. The van der Waals surface area contributed by atoms with E-state index >= 15 is 0 Å². The van der Waals surface area contributed by atoms with Crippen LogP contribution in [0.1, 0.15) is 42.1 Å². The highest BCUT2D eigenvalue weighted by Gasteiger charge is 2.50. The number of benzene rings is 1. The second-order valence-corrected chi connectivity index (χ2v) is 6.42. The molecule has 0 radical (unpaired) electrons. The second-order valence-electron chi connectivity index (χ2n) is 5.57. The topological polar surface area (TPSA) is 66.5 Å². The van der Waals surface area contributed by atoms with Crippen molar-refractivity contribution in [2.24, 2.45) is 0 Å². The van der Waals surface area contributed by atoms with E-state index in [1.165, 1.54) is 17.0 Å². The van der Waals surface area contributed by atoms with Gasteiger partial charge in [-0.2, -0.15) is 0 Å². The van der Waals surface area contributed by atoms with Crippen molar-refractivity contribution in [3.05, 3.63) is 33.5 Å². The molecular formula is C15H14BrFN2O3. The van der Waals surface area contributed by atoms with E-state index in [9.17, 15) is 18.8 Å². The number of imide groups is 1. The van der Waals surface area contributed by atoms with Gasteiger partial charge in [0.15, 0.2) is 0 Å². The van der Waals surface area contributed by atoms with Crippen molar-refractivity contribution in [2.75, 3.05) is 0 Å². The Morgan fingerprint density at radius 2 is 2.09 bits per heavy atom. The summed E-state index contributed by atoms with van der Waals surface area (Å²) in [7, 11) is 0. The number of rotatable bonds is 2. The van der Waals surface area contributed by atoms with Crippen molar-refractivity contribution in [1.29, 1.82) is 0 Å². The van der Waals surface area contributed by atoms with Crippen molar-refractivity contribution in [2.45, 2.75) is 38.3 Å². The van der Waals surface area contributed by atoms with Gasteiger partial charge >= 0.3 is 0 Å². The molecule has 22 heavy (non-hydrogen) atoms. The highest BCUT2D eigenvalue weighted by Crippen LogP contribution is 2.39. The quantitative estimate of drug-likeness (QED) is 0.813. The molecule has 5 nitrogen and oxygen atoms in total. The molecule has 1 atom stereocenters. The van der Waals surface area contributed by atoms with Crippen LogP contribution in [0.15, 0.2) is 16.6 Å². The van der Waals surface area contributed by atoms with Crippen LogP contribution < -0.4 is 5.32 Å². The first kappa shape index (κ1) is 15.1. The Bertz CT molecular complexity index is 706. The van der Waals surface area contributed by atoms with E-state index in [0.717, 1.165) is 0 Å². The standard InChI is InChI=1S/C15H14BrFN2O3/c1-2-15(4-3-12(20)18-14(15)22)19-7-10-9(13(19)21)5-8(17)6-11(10)16/h5-6H,2-4,7H2,1H3,(H,18,20,22). The summed E-state index contributed by atoms with van der Waals surface area (Å²) in [4.78, 5) is 37.9. The van der Waals surface area contributed by atoms with Crippen LogP contribution in [0.4, 0.5) is 4.39 Å². The number of hydrogen-bond donors (Lipinski definition) is 1. The summed E-state index contributed by atoms with van der Waals surface area (Å²) in [6.45, 7) is 2.03. The minimum atomic E-state index is -1.06. The molecule has 1 fully saturated rings. The molecule has 2 aliphatic rings. The van der Waals surface area contributed by atoms with Gasteiger partial charge in [0, 0.05) is 23.0 Å². The number of nitrogens with zero attached hydrogens (tertiary/aromatic N) is 1. The van der Waals surface area contributed by atoms with Crippen LogP contribution in [-0.2, 0) is 16.1 Å². The van der Waals surface area contributed by atoms with E-state index in [-0.39, 0.29) is 36.8 Å². The Morgan fingerprint density at radius 1 is 1.36 bits per heavy atom. The molecule has 0 spiro atoms. The number of carbonyl (C=O) groups is 3. The van der Waals surface area contributed by atoms with Gasteiger partial charge in [0.1, 0.15) is 11.4 Å². The number of amides is 3. The molecule has 3 rings (SSSR count). The SMILES string of the molecule is CCC1(N2Cc3c(Br)cc(F)cc3C2=O)CCC(=O)NC1=O. The first-order valence-corrected chi connectivity index (χ1v) is 7.82. The van der Waals surface area contributed by atoms with Gasteiger partial charge in [-0.05, 0) is 30.5 Å². The average molecular weight is 369 g/mol. The van der Waals surface area contributed by atoms with Crippen LogP contribution in [0.25, 0.3) is 0 Å². The zero-order chi connectivity index (χ0) is 16.1. The first-order chi connectivity index (χ1) is 10.4. The molecule has 1 saturated heterocycles. The lowest BCUT2D eigenvalue weighted by Gasteiger charge is -2.41. The molecular weight excluding hydrogens is 355 g/mol. The van der Waals surface area contributed by atoms with Crippen molar-refractivity contribution in [3.8, 4) is 0 Å². The summed E-state index contributed by atoms with van der Waals surface area (Å²) in [5, 5.41) is 2.31. The molecule has 3 amide bonds. The zero-order valence-electron chi connectivity index (χ0n) is 11.9. The van der Waals surface area contributed by atoms with E-state index in [1.807, 2.05) is 0 Å². The Hall–Kier alpha value is -1.76. The molecule has 7 heteroatoms. The fraction of sp³-hybridized carbons (Fsp3) is 0.400. The monoisotopic (exact) mass is 368 g/mol. The summed E-state index contributed by atoms with van der Waals surface area (Å²) >= 11 is 3.27. The van der Waals surface area contributed by atoms with E-state index in [1.54, 1.807) is 6.92 Å². The molecule has 1 unspecified atom stereocenters. The summed E-state index contributed by atoms with van der Waals surface area (Å²) in [5.74, 6) is -1.66. The lowest BCUT2D eigenvalue weighted by atomic mass is 9.84. The number of piperidine rings is 1. The van der Waals surface area contributed by atoms with Gasteiger partial charge in [-0.15, -0.1) is 0 Å². The number of fused-ring (bicyclic) bond motifs is 1. The average Bonchev–Trinajstić information content (AvgIpc) is 2.78. The van der Waals surface area contributed by atoms with E-state index in [2.05, 4.69) is 21.2 Å². The predicted molar refractivity (Wildman–Crippen MR) is 79.4 cm³/mol. The minimum Gasteiger partial charge on any atom is -0.319 e. The van der Waals surface area contributed by atoms with Crippen molar-refractivity contribution < 1.29 is 18.8 Å². The van der Waals surface area contributed by atoms with Gasteiger partial charge in [0.25, 0.3) is 11.8 Å². The first-order valence-electron chi connectivity index (χ1n) is 7.03. The minimum absolute atomic E-state index is 0.190. The van der Waals surface area contributed by atoms with Gasteiger partial charge in [0.05, 0.1) is 0 Å². The number of halogens is 2. The Labute approximate surface area is 135 Å². The number of hydrogen-bond acceptors (Lipinski definition) is 3. The maximum Gasteiger partial charge on any atom is 0.255 e. The smallest absolute Gasteiger partial charge is 0.255 e. The maximum absolute atomic E-state index is 13.5. The van der Waals surface area contributed by atoms with Crippen LogP contribution in [0, 0.1) is 5.82 Å². The highest BCUT2D eigenvalue weighted by molar-refractivity contribution is 9.10. The van der Waals surface area contributed by atoms with Crippen molar-refractivity contribution in [1.82, 2.24) is 10.2 Å². The van der Waals surface area contributed by atoms with Crippen LogP contribution in [0.5, 0.6) is 0 Å². The third-order valence-corrected chi connectivity index (χ3v) is 5.20. The van der Waals surface area contributed by atoms with Gasteiger partial charge < -0.3 is 4.90 Å². The Morgan fingerprint density at radius 3 is 2.73 bits per heavy atom. The molecule has 1 aromatic rings. The third-order valence-electron chi connectivity index (χ3n) is 4.49. The maximum atomic E-state index is 13.5. The predicted octanol–water partition coefficient (Wildman–Crippen LogP) is 2.13. The van der Waals surface area contributed by atoms with Gasteiger partial charge in [-0.25, -0.2) is 4.39 Å². The van der Waals surface area contributed by atoms with Crippen LogP contribution in [0.2, 0.25) is 0 Å².